The second kappa shape index (κ2) is 13.7. The number of carbonyl (C=O) groups is 4. The zero-order valence-electron chi connectivity index (χ0n) is 20.2. The van der Waals surface area contributed by atoms with E-state index >= 15 is 0 Å². The summed E-state index contributed by atoms with van der Waals surface area (Å²) in [5, 5.41) is 0. The molecule has 2 aromatic carbocycles. The van der Waals surface area contributed by atoms with Crippen LogP contribution in [-0.2, 0) is 19.1 Å². The molecule has 0 aliphatic heterocycles. The van der Waals surface area contributed by atoms with Crippen LogP contribution >= 0.6 is 0 Å². The molecule has 0 spiro atoms. The van der Waals surface area contributed by atoms with E-state index in [0.29, 0.717) is 6.61 Å². The number of esters is 4. The fourth-order valence-electron chi connectivity index (χ4n) is 2.77. The number of hydrogen-bond donors (Lipinski definition) is 0. The third-order valence-electron chi connectivity index (χ3n) is 4.81. The van der Waals surface area contributed by atoms with Crippen LogP contribution in [-0.4, -0.2) is 36.6 Å². The summed E-state index contributed by atoms with van der Waals surface area (Å²) in [4.78, 5) is 48.2. The molecule has 8 heteroatoms. The Labute approximate surface area is 204 Å². The highest BCUT2D eigenvalue weighted by Gasteiger charge is 2.20. The van der Waals surface area contributed by atoms with Crippen molar-refractivity contribution in [3.05, 3.63) is 71.8 Å². The van der Waals surface area contributed by atoms with Crippen molar-refractivity contribution in [3.8, 4) is 11.5 Å². The summed E-state index contributed by atoms with van der Waals surface area (Å²) in [7, 11) is 0. The van der Waals surface area contributed by atoms with Crippen molar-refractivity contribution in [2.45, 2.75) is 52.6 Å². The lowest BCUT2D eigenvalue weighted by Gasteiger charge is -2.13. The van der Waals surface area contributed by atoms with Crippen molar-refractivity contribution in [3.63, 3.8) is 0 Å². The molecule has 0 amide bonds. The Morgan fingerprint density at radius 1 is 0.800 bits per heavy atom. The topological polar surface area (TPSA) is 105 Å². The van der Waals surface area contributed by atoms with Crippen LogP contribution in [0.15, 0.2) is 60.7 Å². The van der Waals surface area contributed by atoms with Crippen LogP contribution in [0.25, 0.3) is 0 Å². The Balaban J connectivity index is 1.85. The average Bonchev–Trinajstić information content (AvgIpc) is 2.84. The van der Waals surface area contributed by atoms with E-state index in [0.717, 1.165) is 25.7 Å². The van der Waals surface area contributed by atoms with Gasteiger partial charge in [0.2, 0.25) is 0 Å². The standard InChI is InChI=1S/C27H30O8/c1-5-6-7-8-17-32-25(29)19(4)33-26(30)20-9-15-23(16-10-20)35-27(31)21-11-13-22(14-12-21)34-24(28)18(2)3/h9-16,19H,2,5-8,17H2,1,3-4H3. The van der Waals surface area contributed by atoms with E-state index in [1.54, 1.807) is 0 Å². The van der Waals surface area contributed by atoms with Gasteiger partial charge >= 0.3 is 23.9 Å². The van der Waals surface area contributed by atoms with Gasteiger partial charge in [-0.05, 0) is 68.8 Å². The highest BCUT2D eigenvalue weighted by Crippen LogP contribution is 2.18. The number of benzene rings is 2. The van der Waals surface area contributed by atoms with Gasteiger partial charge < -0.3 is 18.9 Å². The molecule has 0 N–H and O–H groups in total. The van der Waals surface area contributed by atoms with Gasteiger partial charge in [-0.25, -0.2) is 19.2 Å². The van der Waals surface area contributed by atoms with Gasteiger partial charge in [-0.15, -0.1) is 0 Å². The summed E-state index contributed by atoms with van der Waals surface area (Å²) < 4.78 is 20.7. The zero-order chi connectivity index (χ0) is 25.8. The molecular formula is C27H30O8. The number of hydrogen-bond acceptors (Lipinski definition) is 8. The molecule has 0 aliphatic carbocycles. The van der Waals surface area contributed by atoms with Gasteiger partial charge in [-0.1, -0.05) is 32.8 Å². The van der Waals surface area contributed by atoms with Crippen molar-refractivity contribution in [1.29, 1.82) is 0 Å². The van der Waals surface area contributed by atoms with E-state index in [4.69, 9.17) is 18.9 Å². The van der Waals surface area contributed by atoms with Crippen LogP contribution < -0.4 is 9.47 Å². The normalized spacial score (nSPS) is 11.2. The van der Waals surface area contributed by atoms with Crippen LogP contribution in [0.2, 0.25) is 0 Å². The molecule has 0 saturated carbocycles. The SMILES string of the molecule is C=C(C)C(=O)Oc1ccc(C(=O)Oc2ccc(C(=O)OC(C)C(=O)OCCCCCC)cc2)cc1. The molecule has 2 rings (SSSR count). The maximum atomic E-state index is 12.4. The molecule has 0 radical (unpaired) electrons. The summed E-state index contributed by atoms with van der Waals surface area (Å²) in [5.74, 6) is -2.00. The van der Waals surface area contributed by atoms with E-state index in [2.05, 4.69) is 13.5 Å². The minimum Gasteiger partial charge on any atom is -0.463 e. The first-order chi connectivity index (χ1) is 16.7. The summed E-state index contributed by atoms with van der Waals surface area (Å²) in [5.41, 5.74) is 0.690. The van der Waals surface area contributed by atoms with Gasteiger partial charge in [0.1, 0.15) is 11.5 Å². The summed E-state index contributed by atoms with van der Waals surface area (Å²) in [6.07, 6.45) is 2.87. The van der Waals surface area contributed by atoms with Gasteiger partial charge in [-0.3, -0.25) is 0 Å². The second-order valence-corrected chi connectivity index (χ2v) is 7.88. The monoisotopic (exact) mass is 482 g/mol. The van der Waals surface area contributed by atoms with Gasteiger partial charge in [0, 0.05) is 5.57 Å². The lowest BCUT2D eigenvalue weighted by atomic mass is 10.2. The van der Waals surface area contributed by atoms with Crippen molar-refractivity contribution in [1.82, 2.24) is 0 Å². The molecule has 8 nitrogen and oxygen atoms in total. The van der Waals surface area contributed by atoms with Crippen LogP contribution in [0, 0.1) is 0 Å². The number of ether oxygens (including phenoxy) is 4. The molecule has 35 heavy (non-hydrogen) atoms. The van der Waals surface area contributed by atoms with Crippen LogP contribution in [0.5, 0.6) is 11.5 Å². The van der Waals surface area contributed by atoms with Crippen LogP contribution in [0.4, 0.5) is 0 Å². The van der Waals surface area contributed by atoms with E-state index in [-0.39, 0.29) is 28.2 Å². The summed E-state index contributed by atoms with van der Waals surface area (Å²) in [6.45, 7) is 8.87. The Kier molecular flexibility index (Phi) is 10.7. The minimum absolute atomic E-state index is 0.191. The highest BCUT2D eigenvalue weighted by molar-refractivity contribution is 5.93. The Morgan fingerprint density at radius 2 is 1.34 bits per heavy atom. The predicted molar refractivity (Wildman–Crippen MR) is 128 cm³/mol. The quantitative estimate of drug-likeness (QED) is 0.179. The third-order valence-corrected chi connectivity index (χ3v) is 4.81. The molecule has 2 aromatic rings. The van der Waals surface area contributed by atoms with Crippen molar-refractivity contribution in [2.24, 2.45) is 0 Å². The molecule has 0 heterocycles. The number of rotatable bonds is 12. The van der Waals surface area contributed by atoms with Gasteiger partial charge in [0.25, 0.3) is 0 Å². The highest BCUT2D eigenvalue weighted by atomic mass is 16.6. The van der Waals surface area contributed by atoms with Crippen molar-refractivity contribution < 1.29 is 38.1 Å². The first kappa shape index (κ1) is 27.3. The molecule has 1 atom stereocenters. The van der Waals surface area contributed by atoms with E-state index in [1.807, 2.05) is 0 Å². The molecule has 0 fully saturated rings. The summed E-state index contributed by atoms with van der Waals surface area (Å²) >= 11 is 0. The number of unbranched alkanes of at least 4 members (excludes halogenated alkanes) is 3. The smallest absolute Gasteiger partial charge is 0.347 e. The first-order valence-corrected chi connectivity index (χ1v) is 11.4. The fraction of sp³-hybridized carbons (Fsp3) is 0.333. The molecule has 0 bridgehead atoms. The van der Waals surface area contributed by atoms with Gasteiger partial charge in [0.15, 0.2) is 6.10 Å². The van der Waals surface area contributed by atoms with Crippen molar-refractivity contribution >= 4 is 23.9 Å². The van der Waals surface area contributed by atoms with E-state index in [9.17, 15) is 19.2 Å². The Morgan fingerprint density at radius 3 is 1.89 bits per heavy atom. The lowest BCUT2D eigenvalue weighted by molar-refractivity contribution is -0.153. The molecule has 0 aromatic heterocycles. The van der Waals surface area contributed by atoms with Gasteiger partial charge in [-0.2, -0.15) is 0 Å². The van der Waals surface area contributed by atoms with Crippen LogP contribution in [0.1, 0.15) is 67.2 Å². The Bertz CT molecular complexity index is 1040. The first-order valence-electron chi connectivity index (χ1n) is 11.4. The predicted octanol–water partition coefficient (Wildman–Crippen LogP) is 5.06. The maximum absolute atomic E-state index is 12.4. The van der Waals surface area contributed by atoms with Gasteiger partial charge in [0.05, 0.1) is 17.7 Å². The molecule has 186 valence electrons. The molecule has 1 unspecified atom stereocenters. The number of carbonyl (C=O) groups excluding carboxylic acids is 4. The minimum atomic E-state index is -1.04. The summed E-state index contributed by atoms with van der Waals surface area (Å²) in [6, 6.07) is 11.6. The third kappa shape index (κ3) is 9.08. The van der Waals surface area contributed by atoms with Crippen LogP contribution in [0.3, 0.4) is 0 Å². The molecule has 0 saturated heterocycles. The zero-order valence-corrected chi connectivity index (χ0v) is 20.2. The lowest BCUT2D eigenvalue weighted by Crippen LogP contribution is -2.26. The Hall–Kier alpha value is -3.94. The fourth-order valence-corrected chi connectivity index (χ4v) is 2.77. The molecular weight excluding hydrogens is 452 g/mol. The maximum Gasteiger partial charge on any atom is 0.347 e. The molecule has 0 aliphatic rings. The van der Waals surface area contributed by atoms with Crippen molar-refractivity contribution in [2.75, 3.05) is 6.61 Å². The van der Waals surface area contributed by atoms with E-state index in [1.165, 1.54) is 62.4 Å². The largest absolute Gasteiger partial charge is 0.463 e. The second-order valence-electron chi connectivity index (χ2n) is 7.88. The van der Waals surface area contributed by atoms with E-state index < -0.39 is 30.0 Å². The average molecular weight is 483 g/mol.